The molecule has 37 heavy (non-hydrogen) atoms. The Bertz CT molecular complexity index is 1370. The van der Waals surface area contributed by atoms with Crippen LogP contribution in [0.5, 0.6) is 5.75 Å². The molecule has 0 fully saturated rings. The van der Waals surface area contributed by atoms with Crippen LogP contribution in [0, 0.1) is 12.7 Å². The number of hydrogen-bond donors (Lipinski definition) is 1. The van der Waals surface area contributed by atoms with Gasteiger partial charge >= 0.3 is 0 Å². The number of methoxy groups -OCH3 is 1. The Hall–Kier alpha value is -3.98. The maximum Gasteiger partial charge on any atom is 0.262 e. The van der Waals surface area contributed by atoms with Crippen molar-refractivity contribution in [1.82, 2.24) is 5.01 Å². The molecule has 9 heteroatoms. The molecule has 1 N–H and O–H groups in total. The Morgan fingerprint density at radius 2 is 1.78 bits per heavy atom. The van der Waals surface area contributed by atoms with Crippen molar-refractivity contribution in [3.05, 3.63) is 95.3 Å². The van der Waals surface area contributed by atoms with Gasteiger partial charge in [-0.1, -0.05) is 41.6 Å². The monoisotopic (exact) mass is 516 g/mol. The first-order chi connectivity index (χ1) is 17.9. The third-order valence-electron chi connectivity index (χ3n) is 6.22. The highest BCUT2D eigenvalue weighted by molar-refractivity contribution is 8.15. The van der Waals surface area contributed by atoms with Crippen LogP contribution in [0.3, 0.4) is 0 Å². The average molecular weight is 517 g/mol. The molecule has 2 amide bonds. The number of ether oxygens (including phenoxy) is 1. The SMILES string of the molecule is COc1ccc(C2=NN(C3=NC(=O)[C@H](CC(=O)Nc4ccc(C)cc4)S3)[C@@H](c3ccc(F)cc3)C2)cc1. The van der Waals surface area contributed by atoms with E-state index >= 15 is 0 Å². The number of carbonyl (C=O) groups is 2. The number of nitrogens with one attached hydrogen (secondary N) is 1. The van der Waals surface area contributed by atoms with Crippen molar-refractivity contribution < 1.29 is 18.7 Å². The van der Waals surface area contributed by atoms with Gasteiger partial charge in [0.1, 0.15) is 16.8 Å². The van der Waals surface area contributed by atoms with Gasteiger partial charge in [0, 0.05) is 18.5 Å². The number of thioether (sulfide) groups is 1. The average Bonchev–Trinajstić information content (AvgIpc) is 3.50. The van der Waals surface area contributed by atoms with Crippen LogP contribution in [-0.4, -0.2) is 40.1 Å². The molecule has 2 heterocycles. The van der Waals surface area contributed by atoms with E-state index in [0.717, 1.165) is 28.2 Å². The zero-order chi connectivity index (χ0) is 25.9. The Labute approximate surface area is 218 Å². The van der Waals surface area contributed by atoms with Gasteiger partial charge in [-0.05, 0) is 66.6 Å². The summed E-state index contributed by atoms with van der Waals surface area (Å²) in [6.07, 6.45) is 0.540. The summed E-state index contributed by atoms with van der Waals surface area (Å²) in [7, 11) is 1.61. The van der Waals surface area contributed by atoms with Crippen molar-refractivity contribution in [2.45, 2.75) is 31.1 Å². The molecule has 7 nitrogen and oxygen atoms in total. The maximum absolute atomic E-state index is 13.6. The maximum atomic E-state index is 13.6. The van der Waals surface area contributed by atoms with E-state index in [2.05, 4.69) is 10.3 Å². The number of aryl methyl sites for hydroxylation is 1. The lowest BCUT2D eigenvalue weighted by molar-refractivity contribution is -0.121. The van der Waals surface area contributed by atoms with Gasteiger partial charge in [0.25, 0.3) is 5.91 Å². The molecule has 0 radical (unpaired) electrons. The van der Waals surface area contributed by atoms with Gasteiger partial charge in [0.15, 0.2) is 5.17 Å². The highest BCUT2D eigenvalue weighted by Gasteiger charge is 2.39. The van der Waals surface area contributed by atoms with Crippen molar-refractivity contribution in [2.75, 3.05) is 12.4 Å². The topological polar surface area (TPSA) is 83.4 Å². The predicted molar refractivity (Wildman–Crippen MR) is 143 cm³/mol. The largest absolute Gasteiger partial charge is 0.497 e. The smallest absolute Gasteiger partial charge is 0.262 e. The molecule has 0 unspecified atom stereocenters. The molecule has 2 atom stereocenters. The predicted octanol–water partition coefficient (Wildman–Crippen LogP) is 5.32. The number of hydrazone groups is 1. The third-order valence-corrected chi connectivity index (χ3v) is 7.36. The quantitative estimate of drug-likeness (QED) is 0.480. The van der Waals surface area contributed by atoms with Gasteiger partial charge in [-0.2, -0.15) is 10.1 Å². The summed E-state index contributed by atoms with van der Waals surface area (Å²) in [6, 6.07) is 21.0. The molecule has 3 aromatic rings. The van der Waals surface area contributed by atoms with E-state index in [0.29, 0.717) is 17.3 Å². The number of amides is 2. The molecule has 0 aliphatic carbocycles. The highest BCUT2D eigenvalue weighted by atomic mass is 32.2. The molecule has 0 saturated heterocycles. The summed E-state index contributed by atoms with van der Waals surface area (Å²) >= 11 is 1.23. The summed E-state index contributed by atoms with van der Waals surface area (Å²) in [5.41, 5.74) is 4.35. The fraction of sp³-hybridized carbons (Fsp3) is 0.214. The van der Waals surface area contributed by atoms with Crippen LogP contribution in [0.15, 0.2) is 82.9 Å². The van der Waals surface area contributed by atoms with Crippen molar-refractivity contribution in [1.29, 1.82) is 0 Å². The van der Waals surface area contributed by atoms with Crippen molar-refractivity contribution in [2.24, 2.45) is 10.1 Å². The zero-order valence-corrected chi connectivity index (χ0v) is 21.2. The number of anilines is 1. The minimum atomic E-state index is -0.644. The number of aliphatic imine (C=N–C) groups is 1. The lowest BCUT2D eigenvalue weighted by Crippen LogP contribution is -2.25. The van der Waals surface area contributed by atoms with Gasteiger partial charge in [0.2, 0.25) is 5.91 Å². The van der Waals surface area contributed by atoms with Gasteiger partial charge in [-0.25, -0.2) is 9.40 Å². The molecular formula is C28H25FN4O3S. The Morgan fingerprint density at radius 3 is 2.46 bits per heavy atom. The van der Waals surface area contributed by atoms with E-state index in [1.54, 1.807) is 24.3 Å². The molecule has 3 aromatic carbocycles. The lowest BCUT2D eigenvalue weighted by Gasteiger charge is -2.23. The third kappa shape index (κ3) is 5.56. The highest BCUT2D eigenvalue weighted by Crippen LogP contribution is 2.38. The van der Waals surface area contributed by atoms with Gasteiger partial charge in [-0.15, -0.1) is 0 Å². The van der Waals surface area contributed by atoms with Gasteiger partial charge in [0.05, 0.1) is 18.9 Å². The van der Waals surface area contributed by atoms with Crippen molar-refractivity contribution >= 4 is 40.1 Å². The standard InChI is InChI=1S/C28H25FN4O3S/c1-17-3-11-21(12-4-17)30-26(34)16-25-27(35)31-28(37-25)33-24(19-5-9-20(29)10-6-19)15-23(32-33)18-7-13-22(36-2)14-8-18/h3-14,24-25H,15-16H2,1-2H3,(H,30,34)/t24-,25+/m1/s1. The second-order valence-corrected chi connectivity index (χ2v) is 10.0. The number of hydrogen-bond acceptors (Lipinski definition) is 6. The zero-order valence-electron chi connectivity index (χ0n) is 20.3. The molecule has 0 spiro atoms. The van der Waals surface area contributed by atoms with E-state index in [1.165, 1.54) is 23.9 Å². The first-order valence-corrected chi connectivity index (χ1v) is 12.7. The molecule has 0 aromatic heterocycles. The summed E-state index contributed by atoms with van der Waals surface area (Å²) in [5, 5.41) is 9.15. The number of halogens is 1. The Morgan fingerprint density at radius 1 is 1.08 bits per heavy atom. The van der Waals surface area contributed by atoms with Crippen LogP contribution >= 0.6 is 11.8 Å². The molecule has 2 aliphatic heterocycles. The molecule has 5 rings (SSSR count). The Balaban J connectivity index is 1.35. The van der Waals surface area contributed by atoms with E-state index in [9.17, 15) is 14.0 Å². The fourth-order valence-corrected chi connectivity index (χ4v) is 5.27. The van der Waals surface area contributed by atoms with E-state index in [-0.39, 0.29) is 30.1 Å². The fourth-order valence-electron chi connectivity index (χ4n) is 4.21. The van der Waals surface area contributed by atoms with E-state index in [1.807, 2.05) is 55.5 Å². The second kappa shape index (κ2) is 10.6. The second-order valence-electron chi connectivity index (χ2n) is 8.85. The minimum absolute atomic E-state index is 0.00547. The van der Waals surface area contributed by atoms with Crippen LogP contribution in [0.1, 0.15) is 35.6 Å². The van der Waals surface area contributed by atoms with Crippen LogP contribution in [0.25, 0.3) is 0 Å². The molecule has 2 aliphatic rings. The van der Waals surface area contributed by atoms with Crippen molar-refractivity contribution in [3.8, 4) is 5.75 Å². The van der Waals surface area contributed by atoms with Crippen molar-refractivity contribution in [3.63, 3.8) is 0 Å². The summed E-state index contributed by atoms with van der Waals surface area (Å²) in [5.74, 6) is -0.218. The molecule has 0 bridgehead atoms. The van der Waals surface area contributed by atoms with Crippen LogP contribution < -0.4 is 10.1 Å². The normalized spacial score (nSPS) is 19.0. The molecular weight excluding hydrogens is 491 g/mol. The van der Waals surface area contributed by atoms with E-state index < -0.39 is 5.25 Å². The number of nitrogens with zero attached hydrogens (tertiary/aromatic N) is 3. The van der Waals surface area contributed by atoms with Crippen LogP contribution in [-0.2, 0) is 9.59 Å². The minimum Gasteiger partial charge on any atom is -0.497 e. The Kier molecular flexibility index (Phi) is 7.05. The first-order valence-electron chi connectivity index (χ1n) is 11.8. The lowest BCUT2D eigenvalue weighted by atomic mass is 9.98. The van der Waals surface area contributed by atoms with E-state index in [4.69, 9.17) is 9.84 Å². The summed E-state index contributed by atoms with van der Waals surface area (Å²) < 4.78 is 18.9. The summed E-state index contributed by atoms with van der Waals surface area (Å²) in [6.45, 7) is 1.97. The molecule has 0 saturated carbocycles. The number of benzene rings is 3. The van der Waals surface area contributed by atoms with Crippen LogP contribution in [0.2, 0.25) is 0 Å². The first kappa shape index (κ1) is 24.7. The number of amidine groups is 1. The summed E-state index contributed by atoms with van der Waals surface area (Å²) in [4.78, 5) is 29.6. The van der Waals surface area contributed by atoms with Gasteiger partial charge < -0.3 is 10.1 Å². The van der Waals surface area contributed by atoms with Crippen LogP contribution in [0.4, 0.5) is 10.1 Å². The molecule has 188 valence electrons. The number of rotatable bonds is 6. The van der Waals surface area contributed by atoms with Gasteiger partial charge in [-0.3, -0.25) is 9.59 Å². The number of carbonyl (C=O) groups excluding carboxylic acids is 2.